The minimum Gasteiger partial charge on any atom is -0.467 e. The lowest BCUT2D eigenvalue weighted by molar-refractivity contribution is 0.105. The number of ether oxygens (including phenoxy) is 1. The Morgan fingerprint density at radius 2 is 2.00 bits per heavy atom. The van der Waals surface area contributed by atoms with Gasteiger partial charge in [0.05, 0.1) is 6.26 Å². The molecular formula is C22H31IN4O2. The number of furan rings is 1. The standard InChI is InChI=1S/C22H30N4O2.HI/c1-3-17-7-4-9-20-18(15-26-21(17)20)10-12-25-22(23-2)24-11-6-13-27-16-19-8-5-14-28-19;/h4-5,7-9,14-15,26H,3,6,10-13,16H2,1-2H3,(H2,23,24,25);1H. The topological polar surface area (TPSA) is 74.6 Å². The van der Waals surface area contributed by atoms with E-state index in [0.717, 1.165) is 44.1 Å². The monoisotopic (exact) mass is 510 g/mol. The number of halogens is 1. The van der Waals surface area contributed by atoms with E-state index in [0.29, 0.717) is 13.2 Å². The molecule has 0 unspecified atom stereocenters. The van der Waals surface area contributed by atoms with Crippen molar-refractivity contribution in [2.45, 2.75) is 32.8 Å². The van der Waals surface area contributed by atoms with Crippen molar-refractivity contribution >= 4 is 40.8 Å². The molecule has 2 heterocycles. The van der Waals surface area contributed by atoms with Crippen LogP contribution in [-0.4, -0.2) is 37.7 Å². The van der Waals surface area contributed by atoms with Crippen LogP contribution in [0.4, 0.5) is 0 Å². The van der Waals surface area contributed by atoms with E-state index in [-0.39, 0.29) is 24.0 Å². The van der Waals surface area contributed by atoms with E-state index in [1.165, 1.54) is 22.0 Å². The zero-order valence-electron chi connectivity index (χ0n) is 17.2. The molecular weight excluding hydrogens is 479 g/mol. The van der Waals surface area contributed by atoms with Gasteiger partial charge in [-0.2, -0.15) is 0 Å². The quantitative estimate of drug-likeness (QED) is 0.165. The number of aromatic amines is 1. The zero-order valence-corrected chi connectivity index (χ0v) is 19.5. The van der Waals surface area contributed by atoms with Crippen LogP contribution in [0, 0.1) is 0 Å². The molecule has 2 aromatic heterocycles. The molecule has 0 aliphatic heterocycles. The van der Waals surface area contributed by atoms with Gasteiger partial charge < -0.3 is 24.8 Å². The molecule has 3 N–H and O–H groups in total. The highest BCUT2D eigenvalue weighted by Gasteiger charge is 2.06. The third-order valence-electron chi connectivity index (χ3n) is 4.76. The first-order valence-electron chi connectivity index (χ1n) is 9.94. The molecule has 0 saturated heterocycles. The molecule has 0 fully saturated rings. The number of guanidine groups is 1. The van der Waals surface area contributed by atoms with Crippen LogP contribution in [0.5, 0.6) is 0 Å². The molecule has 0 aliphatic rings. The Labute approximate surface area is 189 Å². The molecule has 1 aromatic carbocycles. The summed E-state index contributed by atoms with van der Waals surface area (Å²) in [6.07, 6.45) is 6.67. The summed E-state index contributed by atoms with van der Waals surface area (Å²) in [7, 11) is 1.79. The molecule has 6 nitrogen and oxygen atoms in total. The lowest BCUT2D eigenvalue weighted by atomic mass is 10.1. The van der Waals surface area contributed by atoms with Crippen molar-refractivity contribution in [3.8, 4) is 0 Å². The van der Waals surface area contributed by atoms with E-state index in [9.17, 15) is 0 Å². The minimum atomic E-state index is 0. The van der Waals surface area contributed by atoms with Crippen molar-refractivity contribution in [1.29, 1.82) is 0 Å². The van der Waals surface area contributed by atoms with Crippen LogP contribution in [-0.2, 0) is 24.2 Å². The van der Waals surface area contributed by atoms with Crippen molar-refractivity contribution in [3.63, 3.8) is 0 Å². The van der Waals surface area contributed by atoms with Gasteiger partial charge in [0.1, 0.15) is 12.4 Å². The van der Waals surface area contributed by atoms with Crippen molar-refractivity contribution in [2.75, 3.05) is 26.7 Å². The van der Waals surface area contributed by atoms with E-state index in [1.807, 2.05) is 12.1 Å². The molecule has 158 valence electrons. The first-order valence-corrected chi connectivity index (χ1v) is 9.94. The average molecular weight is 510 g/mol. The summed E-state index contributed by atoms with van der Waals surface area (Å²) in [4.78, 5) is 7.72. The number of hydrogen-bond acceptors (Lipinski definition) is 3. The van der Waals surface area contributed by atoms with Crippen LogP contribution in [0.1, 0.15) is 30.2 Å². The maximum atomic E-state index is 5.59. The van der Waals surface area contributed by atoms with Crippen molar-refractivity contribution < 1.29 is 9.15 Å². The van der Waals surface area contributed by atoms with Crippen molar-refractivity contribution in [3.05, 3.63) is 59.7 Å². The van der Waals surface area contributed by atoms with Gasteiger partial charge in [-0.05, 0) is 42.5 Å². The third kappa shape index (κ3) is 6.78. The predicted molar refractivity (Wildman–Crippen MR) is 129 cm³/mol. The number of fused-ring (bicyclic) bond motifs is 1. The lowest BCUT2D eigenvalue weighted by Crippen LogP contribution is -2.39. The minimum absolute atomic E-state index is 0. The zero-order chi connectivity index (χ0) is 19.6. The van der Waals surface area contributed by atoms with Gasteiger partial charge in [0.15, 0.2) is 5.96 Å². The Morgan fingerprint density at radius 3 is 2.76 bits per heavy atom. The molecule has 3 rings (SSSR count). The van der Waals surface area contributed by atoms with E-state index in [2.05, 4.69) is 51.9 Å². The number of para-hydroxylation sites is 1. The summed E-state index contributed by atoms with van der Waals surface area (Å²) in [6, 6.07) is 10.3. The van der Waals surface area contributed by atoms with Gasteiger partial charge in [-0.1, -0.05) is 25.1 Å². The largest absolute Gasteiger partial charge is 0.467 e. The summed E-state index contributed by atoms with van der Waals surface area (Å²) in [5.74, 6) is 1.67. The average Bonchev–Trinajstić information content (AvgIpc) is 3.39. The maximum absolute atomic E-state index is 5.59. The van der Waals surface area contributed by atoms with E-state index in [1.54, 1.807) is 13.3 Å². The number of aliphatic imine (C=N–C) groups is 1. The molecule has 0 spiro atoms. The molecule has 3 aromatic rings. The van der Waals surface area contributed by atoms with Crippen LogP contribution in [0.3, 0.4) is 0 Å². The highest BCUT2D eigenvalue weighted by molar-refractivity contribution is 14.0. The maximum Gasteiger partial charge on any atom is 0.190 e. The number of nitrogens with zero attached hydrogens (tertiary/aromatic N) is 1. The van der Waals surface area contributed by atoms with E-state index >= 15 is 0 Å². The van der Waals surface area contributed by atoms with Gasteiger partial charge in [0, 0.05) is 43.8 Å². The van der Waals surface area contributed by atoms with Crippen molar-refractivity contribution in [1.82, 2.24) is 15.6 Å². The Kier molecular flexibility index (Phi) is 10.1. The molecule has 0 saturated carbocycles. The van der Waals surface area contributed by atoms with Gasteiger partial charge in [0.25, 0.3) is 0 Å². The number of aryl methyl sites for hydroxylation is 1. The lowest BCUT2D eigenvalue weighted by Gasteiger charge is -2.11. The van der Waals surface area contributed by atoms with E-state index < -0.39 is 0 Å². The molecule has 0 bridgehead atoms. The fourth-order valence-corrected chi connectivity index (χ4v) is 3.26. The van der Waals surface area contributed by atoms with Crippen LogP contribution < -0.4 is 10.6 Å². The molecule has 0 atom stereocenters. The van der Waals surface area contributed by atoms with Crippen LogP contribution >= 0.6 is 24.0 Å². The Morgan fingerprint density at radius 1 is 1.14 bits per heavy atom. The van der Waals surface area contributed by atoms with E-state index in [4.69, 9.17) is 9.15 Å². The van der Waals surface area contributed by atoms with Crippen LogP contribution in [0.15, 0.2) is 52.2 Å². The third-order valence-corrected chi connectivity index (χ3v) is 4.76. The second kappa shape index (κ2) is 12.5. The van der Waals surface area contributed by atoms with Gasteiger partial charge in [0.2, 0.25) is 0 Å². The number of nitrogens with one attached hydrogen (secondary N) is 3. The smallest absolute Gasteiger partial charge is 0.190 e. The number of rotatable bonds is 10. The molecule has 0 radical (unpaired) electrons. The highest BCUT2D eigenvalue weighted by atomic mass is 127. The number of hydrogen-bond donors (Lipinski definition) is 3. The van der Waals surface area contributed by atoms with Crippen LogP contribution in [0.25, 0.3) is 10.9 Å². The first kappa shape index (κ1) is 23.3. The normalized spacial score (nSPS) is 11.4. The fourth-order valence-electron chi connectivity index (χ4n) is 3.26. The number of H-pyrrole nitrogens is 1. The first-order chi connectivity index (χ1) is 13.8. The van der Waals surface area contributed by atoms with Crippen LogP contribution in [0.2, 0.25) is 0 Å². The summed E-state index contributed by atoms with van der Waals surface area (Å²) < 4.78 is 10.8. The SMILES string of the molecule is CCc1cccc2c(CCNC(=NC)NCCCOCc3ccco3)c[nH]c12.I. The Hall–Kier alpha value is -2.00. The van der Waals surface area contributed by atoms with Gasteiger partial charge in [-0.25, -0.2) is 0 Å². The van der Waals surface area contributed by atoms with Gasteiger partial charge in [-0.3, -0.25) is 4.99 Å². The highest BCUT2D eigenvalue weighted by Crippen LogP contribution is 2.22. The summed E-state index contributed by atoms with van der Waals surface area (Å²) in [6.45, 7) is 5.03. The van der Waals surface area contributed by atoms with Crippen molar-refractivity contribution in [2.24, 2.45) is 4.99 Å². The van der Waals surface area contributed by atoms with Gasteiger partial charge >= 0.3 is 0 Å². The fraction of sp³-hybridized carbons (Fsp3) is 0.409. The molecule has 7 heteroatoms. The number of benzene rings is 1. The molecule has 0 amide bonds. The number of aromatic nitrogens is 1. The summed E-state index contributed by atoms with van der Waals surface area (Å²) in [5, 5.41) is 8.03. The molecule has 29 heavy (non-hydrogen) atoms. The second-order valence-corrected chi connectivity index (χ2v) is 6.67. The predicted octanol–water partition coefficient (Wildman–Crippen LogP) is 4.26. The second-order valence-electron chi connectivity index (χ2n) is 6.67. The van der Waals surface area contributed by atoms with Gasteiger partial charge in [-0.15, -0.1) is 24.0 Å². The Bertz CT molecular complexity index is 874. The molecule has 0 aliphatic carbocycles. The summed E-state index contributed by atoms with van der Waals surface area (Å²) >= 11 is 0. The Balaban J connectivity index is 0.00000300. The summed E-state index contributed by atoms with van der Waals surface area (Å²) in [5.41, 5.74) is 3.96.